The zero-order valence-electron chi connectivity index (χ0n) is 10.9. The van der Waals surface area contributed by atoms with Crippen molar-refractivity contribution in [3.05, 3.63) is 29.6 Å². The van der Waals surface area contributed by atoms with Gasteiger partial charge in [-0.2, -0.15) is 0 Å². The molecule has 1 rings (SSSR count). The molecule has 0 saturated carbocycles. The van der Waals surface area contributed by atoms with E-state index in [1.165, 1.54) is 12.1 Å². The molecule has 0 saturated heterocycles. The Labute approximate surface area is 111 Å². The van der Waals surface area contributed by atoms with E-state index < -0.39 is 23.7 Å². The maximum atomic E-state index is 13.5. The van der Waals surface area contributed by atoms with Crippen molar-refractivity contribution in [3.8, 4) is 0 Å². The topological polar surface area (TPSA) is 98.2 Å². The van der Waals surface area contributed by atoms with Crippen LogP contribution in [0.25, 0.3) is 0 Å². The Morgan fingerprint density at radius 3 is 2.53 bits per heavy atom. The normalized spacial score (nSPS) is 12.3. The summed E-state index contributed by atoms with van der Waals surface area (Å²) in [5.74, 6) is -1.58. The summed E-state index contributed by atoms with van der Waals surface area (Å²) in [7, 11) is 0. The lowest BCUT2D eigenvalue weighted by molar-refractivity contribution is -0.117. The molecule has 0 unspecified atom stereocenters. The summed E-state index contributed by atoms with van der Waals surface area (Å²) in [5, 5.41) is 2.36. The molecule has 104 valence electrons. The van der Waals surface area contributed by atoms with Crippen LogP contribution in [0.2, 0.25) is 0 Å². The van der Waals surface area contributed by atoms with Crippen LogP contribution in [0.5, 0.6) is 0 Å². The maximum Gasteiger partial charge on any atom is 0.248 e. The molecule has 0 aliphatic rings. The van der Waals surface area contributed by atoms with E-state index in [-0.39, 0.29) is 17.2 Å². The molecule has 1 aromatic carbocycles. The Morgan fingerprint density at radius 2 is 2.00 bits per heavy atom. The number of nitrogens with one attached hydrogen (secondary N) is 1. The van der Waals surface area contributed by atoms with Crippen molar-refractivity contribution in [1.82, 2.24) is 0 Å². The van der Waals surface area contributed by atoms with Gasteiger partial charge in [-0.3, -0.25) is 9.59 Å². The largest absolute Gasteiger partial charge is 0.366 e. The summed E-state index contributed by atoms with van der Waals surface area (Å²) in [4.78, 5) is 22.8. The highest BCUT2D eigenvalue weighted by Gasteiger charge is 2.17. The van der Waals surface area contributed by atoms with Crippen LogP contribution in [0, 0.1) is 11.7 Å². The zero-order valence-corrected chi connectivity index (χ0v) is 10.9. The summed E-state index contributed by atoms with van der Waals surface area (Å²) < 4.78 is 13.5. The Kier molecular flexibility index (Phi) is 5.00. The molecule has 0 bridgehead atoms. The van der Waals surface area contributed by atoms with E-state index in [9.17, 15) is 14.0 Å². The van der Waals surface area contributed by atoms with Crippen molar-refractivity contribution in [2.24, 2.45) is 17.4 Å². The number of carbonyl (C=O) groups is 2. The van der Waals surface area contributed by atoms with Crippen LogP contribution >= 0.6 is 0 Å². The molecular formula is C13H18FN3O2. The van der Waals surface area contributed by atoms with Crippen molar-refractivity contribution in [3.63, 3.8) is 0 Å². The van der Waals surface area contributed by atoms with Crippen molar-refractivity contribution in [2.45, 2.75) is 26.3 Å². The molecule has 0 radical (unpaired) electrons. The molecule has 5 nitrogen and oxygen atoms in total. The zero-order chi connectivity index (χ0) is 14.6. The fourth-order valence-electron chi connectivity index (χ4n) is 1.61. The molecule has 6 heteroatoms. The molecule has 0 aliphatic heterocycles. The van der Waals surface area contributed by atoms with E-state index in [0.29, 0.717) is 6.42 Å². The predicted molar refractivity (Wildman–Crippen MR) is 71.0 cm³/mol. The number of amides is 2. The third-order valence-corrected chi connectivity index (χ3v) is 2.57. The monoisotopic (exact) mass is 267 g/mol. The predicted octanol–water partition coefficient (Wildman–Crippen LogP) is 1.24. The molecule has 5 N–H and O–H groups in total. The lowest BCUT2D eigenvalue weighted by Crippen LogP contribution is -2.36. The number of halogens is 1. The Morgan fingerprint density at radius 1 is 1.37 bits per heavy atom. The SMILES string of the molecule is CC(C)C[C@H](N)C(=O)Nc1cc(C(N)=O)ccc1F. The number of anilines is 1. The number of hydrogen-bond acceptors (Lipinski definition) is 3. The molecule has 0 aromatic heterocycles. The fourth-order valence-corrected chi connectivity index (χ4v) is 1.61. The van der Waals surface area contributed by atoms with Crippen LogP contribution in [0.3, 0.4) is 0 Å². The van der Waals surface area contributed by atoms with Gasteiger partial charge in [-0.1, -0.05) is 13.8 Å². The van der Waals surface area contributed by atoms with Gasteiger partial charge in [0.05, 0.1) is 11.7 Å². The first kappa shape index (κ1) is 15.1. The average Bonchev–Trinajstić information content (AvgIpc) is 2.30. The molecular weight excluding hydrogens is 249 g/mol. The van der Waals surface area contributed by atoms with E-state index >= 15 is 0 Å². The first-order valence-electron chi connectivity index (χ1n) is 5.97. The second kappa shape index (κ2) is 6.29. The number of nitrogens with two attached hydrogens (primary N) is 2. The lowest BCUT2D eigenvalue weighted by atomic mass is 10.0. The van der Waals surface area contributed by atoms with Crippen LogP contribution in [-0.4, -0.2) is 17.9 Å². The van der Waals surface area contributed by atoms with E-state index in [1.807, 2.05) is 13.8 Å². The highest BCUT2D eigenvalue weighted by Crippen LogP contribution is 2.16. The Bertz CT molecular complexity index is 489. The lowest BCUT2D eigenvalue weighted by Gasteiger charge is -2.14. The van der Waals surface area contributed by atoms with E-state index in [0.717, 1.165) is 6.07 Å². The van der Waals surface area contributed by atoms with Crippen LogP contribution < -0.4 is 16.8 Å². The number of benzene rings is 1. The average molecular weight is 267 g/mol. The summed E-state index contributed by atoms with van der Waals surface area (Å²) in [5.41, 5.74) is 10.8. The standard InChI is InChI=1S/C13H18FN3O2/c1-7(2)5-10(15)13(19)17-11-6-8(12(16)18)3-4-9(11)14/h3-4,6-7,10H,5,15H2,1-2H3,(H2,16,18)(H,17,19)/t10-/m0/s1. The smallest absolute Gasteiger partial charge is 0.248 e. The van der Waals surface area contributed by atoms with E-state index in [1.54, 1.807) is 0 Å². The van der Waals surface area contributed by atoms with Gasteiger partial charge in [0.25, 0.3) is 0 Å². The van der Waals surface area contributed by atoms with Gasteiger partial charge in [0.15, 0.2) is 0 Å². The first-order valence-corrected chi connectivity index (χ1v) is 5.97. The molecule has 0 aliphatic carbocycles. The van der Waals surface area contributed by atoms with Gasteiger partial charge in [0.2, 0.25) is 11.8 Å². The van der Waals surface area contributed by atoms with Gasteiger partial charge in [-0.05, 0) is 30.5 Å². The van der Waals surface area contributed by atoms with E-state index in [2.05, 4.69) is 5.32 Å². The molecule has 1 aromatic rings. The minimum atomic E-state index is -0.725. The van der Waals surface area contributed by atoms with Gasteiger partial charge in [0, 0.05) is 5.56 Å². The number of carbonyl (C=O) groups excluding carboxylic acids is 2. The second-order valence-electron chi connectivity index (χ2n) is 4.78. The summed E-state index contributed by atoms with van der Waals surface area (Å²) >= 11 is 0. The number of primary amides is 1. The molecule has 1 atom stereocenters. The Hall–Kier alpha value is -1.95. The van der Waals surface area contributed by atoms with Gasteiger partial charge in [-0.25, -0.2) is 4.39 Å². The maximum absolute atomic E-state index is 13.5. The Balaban J connectivity index is 2.84. The van der Waals surface area contributed by atoms with Crippen molar-refractivity contribution in [1.29, 1.82) is 0 Å². The van der Waals surface area contributed by atoms with Crippen LogP contribution in [0.15, 0.2) is 18.2 Å². The summed E-state index contributed by atoms with van der Waals surface area (Å²) in [6, 6.07) is 2.79. The first-order chi connectivity index (χ1) is 8.81. The highest BCUT2D eigenvalue weighted by molar-refractivity contribution is 5.98. The summed E-state index contributed by atoms with van der Waals surface area (Å²) in [6.07, 6.45) is 0.489. The number of rotatable bonds is 5. The van der Waals surface area contributed by atoms with Gasteiger partial charge in [0.1, 0.15) is 5.82 Å². The quantitative estimate of drug-likeness (QED) is 0.748. The molecule has 2 amide bonds. The molecule has 0 fully saturated rings. The van der Waals surface area contributed by atoms with E-state index in [4.69, 9.17) is 11.5 Å². The fraction of sp³-hybridized carbons (Fsp3) is 0.385. The minimum Gasteiger partial charge on any atom is -0.366 e. The summed E-state index contributed by atoms with van der Waals surface area (Å²) in [6.45, 7) is 3.86. The molecule has 0 spiro atoms. The number of hydrogen-bond donors (Lipinski definition) is 3. The van der Waals surface area contributed by atoms with Crippen molar-refractivity contribution >= 4 is 17.5 Å². The molecule has 19 heavy (non-hydrogen) atoms. The minimum absolute atomic E-state index is 0.0968. The van der Waals surface area contributed by atoms with Crippen LogP contribution in [0.1, 0.15) is 30.6 Å². The second-order valence-corrected chi connectivity index (χ2v) is 4.78. The van der Waals surface area contributed by atoms with Crippen molar-refractivity contribution < 1.29 is 14.0 Å². The van der Waals surface area contributed by atoms with Crippen molar-refractivity contribution in [2.75, 3.05) is 5.32 Å². The van der Waals surface area contributed by atoms with Crippen LogP contribution in [-0.2, 0) is 4.79 Å². The highest BCUT2D eigenvalue weighted by atomic mass is 19.1. The molecule has 0 heterocycles. The third kappa shape index (κ3) is 4.33. The van der Waals surface area contributed by atoms with Gasteiger partial charge >= 0.3 is 0 Å². The van der Waals surface area contributed by atoms with Gasteiger partial charge in [-0.15, -0.1) is 0 Å². The van der Waals surface area contributed by atoms with Crippen LogP contribution in [0.4, 0.5) is 10.1 Å². The van der Waals surface area contributed by atoms with Gasteiger partial charge < -0.3 is 16.8 Å². The third-order valence-electron chi connectivity index (χ3n) is 2.57.